The van der Waals surface area contributed by atoms with Crippen molar-refractivity contribution in [2.24, 2.45) is 5.92 Å². The van der Waals surface area contributed by atoms with Crippen molar-refractivity contribution in [3.63, 3.8) is 0 Å². The number of pyridine rings is 1. The third-order valence-electron chi connectivity index (χ3n) is 3.98. The number of ether oxygens (including phenoxy) is 1. The lowest BCUT2D eigenvalue weighted by Gasteiger charge is -2.36. The first kappa shape index (κ1) is 16.0. The molecule has 0 atom stereocenters. The fourth-order valence-corrected chi connectivity index (χ4v) is 2.60. The maximum absolute atomic E-state index is 10.8. The number of hydrogen-bond acceptors (Lipinski definition) is 5. The largest absolute Gasteiger partial charge is 0.489 e. The fourth-order valence-electron chi connectivity index (χ4n) is 2.60. The van der Waals surface area contributed by atoms with Crippen LogP contribution in [0.3, 0.4) is 0 Å². The first-order valence-corrected chi connectivity index (χ1v) is 7.66. The Morgan fingerprint density at radius 3 is 2.71 bits per heavy atom. The maximum atomic E-state index is 10.8. The lowest BCUT2D eigenvalue weighted by atomic mass is 10.00. The Labute approximate surface area is 139 Å². The summed E-state index contributed by atoms with van der Waals surface area (Å²) in [6.07, 6.45) is 1.60. The van der Waals surface area contributed by atoms with Gasteiger partial charge in [-0.05, 0) is 35.4 Å². The second-order valence-electron chi connectivity index (χ2n) is 5.82. The number of carboxylic acid groups (broad SMARTS) is 1. The van der Waals surface area contributed by atoms with Crippen LogP contribution in [0.15, 0.2) is 42.6 Å². The number of nitrogens with zero attached hydrogens (tertiary/aromatic N) is 3. The highest BCUT2D eigenvalue weighted by molar-refractivity contribution is 5.71. The fraction of sp³-hybridized carbons (Fsp3) is 0.278. The first-order chi connectivity index (χ1) is 11.6. The van der Waals surface area contributed by atoms with Gasteiger partial charge in [0, 0.05) is 25.8 Å². The van der Waals surface area contributed by atoms with Gasteiger partial charge < -0.3 is 9.84 Å². The molecule has 0 unspecified atom stereocenters. The van der Waals surface area contributed by atoms with Gasteiger partial charge in [-0.3, -0.25) is 9.69 Å². The van der Waals surface area contributed by atoms with Crippen molar-refractivity contribution in [3.8, 4) is 11.8 Å². The van der Waals surface area contributed by atoms with Crippen molar-refractivity contribution >= 4 is 5.97 Å². The van der Waals surface area contributed by atoms with E-state index in [4.69, 9.17) is 15.1 Å². The molecule has 0 amide bonds. The molecule has 2 heterocycles. The smallest absolute Gasteiger partial charge is 0.309 e. The van der Waals surface area contributed by atoms with Crippen molar-refractivity contribution in [1.82, 2.24) is 9.88 Å². The SMILES string of the molecule is N#Cc1cc(COc2ccc(CN3CC(C(=O)O)C3)cc2)ccn1. The highest BCUT2D eigenvalue weighted by Gasteiger charge is 2.31. The van der Waals surface area contributed by atoms with Crippen molar-refractivity contribution in [1.29, 1.82) is 5.26 Å². The number of carbonyl (C=O) groups is 1. The molecule has 1 fully saturated rings. The number of likely N-dealkylation sites (tertiary alicyclic amines) is 1. The van der Waals surface area contributed by atoms with Crippen LogP contribution in [0.5, 0.6) is 5.75 Å². The standard InChI is InChI=1S/C18H17N3O3/c19-8-16-7-14(5-6-20-16)12-24-17-3-1-13(2-4-17)9-21-10-15(11-21)18(22)23/h1-7,15H,9-12H2,(H,22,23). The molecule has 1 aromatic heterocycles. The van der Waals surface area contributed by atoms with Gasteiger partial charge in [0.05, 0.1) is 5.92 Å². The molecule has 1 aromatic carbocycles. The number of benzene rings is 1. The van der Waals surface area contributed by atoms with Crippen LogP contribution in [0.1, 0.15) is 16.8 Å². The molecule has 6 nitrogen and oxygen atoms in total. The van der Waals surface area contributed by atoms with Gasteiger partial charge in [-0.1, -0.05) is 12.1 Å². The van der Waals surface area contributed by atoms with Crippen molar-refractivity contribution in [2.75, 3.05) is 13.1 Å². The van der Waals surface area contributed by atoms with Gasteiger partial charge in [0.15, 0.2) is 0 Å². The Kier molecular flexibility index (Phi) is 4.73. The van der Waals surface area contributed by atoms with E-state index in [2.05, 4.69) is 9.88 Å². The lowest BCUT2D eigenvalue weighted by Crippen LogP contribution is -2.49. The van der Waals surface area contributed by atoms with E-state index >= 15 is 0 Å². The van der Waals surface area contributed by atoms with Crippen LogP contribution in [0.2, 0.25) is 0 Å². The van der Waals surface area contributed by atoms with Gasteiger partial charge in [-0.15, -0.1) is 0 Å². The van der Waals surface area contributed by atoms with Crippen LogP contribution in [-0.4, -0.2) is 34.0 Å². The summed E-state index contributed by atoms with van der Waals surface area (Å²) in [6, 6.07) is 13.3. The molecule has 2 aromatic rings. The molecule has 0 radical (unpaired) electrons. The molecule has 6 heteroatoms. The quantitative estimate of drug-likeness (QED) is 0.875. The Balaban J connectivity index is 1.50. The predicted octanol–water partition coefficient (Wildman–Crippen LogP) is 2.05. The number of rotatable bonds is 6. The van der Waals surface area contributed by atoms with Crippen molar-refractivity contribution in [3.05, 3.63) is 59.4 Å². The predicted molar refractivity (Wildman–Crippen MR) is 86.1 cm³/mol. The van der Waals surface area contributed by atoms with E-state index in [1.165, 1.54) is 0 Å². The van der Waals surface area contributed by atoms with E-state index < -0.39 is 5.97 Å². The van der Waals surface area contributed by atoms with Gasteiger partial charge >= 0.3 is 5.97 Å². The minimum atomic E-state index is -0.717. The number of hydrogen-bond donors (Lipinski definition) is 1. The minimum absolute atomic E-state index is 0.230. The number of aromatic nitrogens is 1. The van der Waals surface area contributed by atoms with Gasteiger partial charge in [-0.2, -0.15) is 5.26 Å². The summed E-state index contributed by atoms with van der Waals surface area (Å²) in [5, 5.41) is 17.7. The van der Waals surface area contributed by atoms with Crippen LogP contribution in [0.25, 0.3) is 0 Å². The number of aliphatic carboxylic acids is 1. The Morgan fingerprint density at radius 1 is 1.29 bits per heavy atom. The Hall–Kier alpha value is -2.91. The van der Waals surface area contributed by atoms with E-state index in [9.17, 15) is 4.79 Å². The molecule has 1 aliphatic rings. The summed E-state index contributed by atoms with van der Waals surface area (Å²) in [7, 11) is 0. The molecule has 122 valence electrons. The third-order valence-corrected chi connectivity index (χ3v) is 3.98. The molecule has 1 N–H and O–H groups in total. The molecule has 1 aliphatic heterocycles. The summed E-state index contributed by atoms with van der Waals surface area (Å²) in [5.41, 5.74) is 2.40. The molecule has 1 saturated heterocycles. The summed E-state index contributed by atoms with van der Waals surface area (Å²) in [6.45, 7) is 2.34. The molecular formula is C18H17N3O3. The highest BCUT2D eigenvalue weighted by atomic mass is 16.5. The Morgan fingerprint density at radius 2 is 2.04 bits per heavy atom. The molecule has 0 saturated carbocycles. The topological polar surface area (TPSA) is 86.5 Å². The second kappa shape index (κ2) is 7.11. The van der Waals surface area contributed by atoms with E-state index in [-0.39, 0.29) is 5.92 Å². The molecule has 3 rings (SSSR count). The molecule has 0 spiro atoms. The van der Waals surface area contributed by atoms with E-state index in [1.807, 2.05) is 36.4 Å². The summed E-state index contributed by atoms with van der Waals surface area (Å²) >= 11 is 0. The van der Waals surface area contributed by atoms with E-state index in [1.54, 1.807) is 12.3 Å². The molecule has 24 heavy (non-hydrogen) atoms. The third kappa shape index (κ3) is 3.89. The van der Waals surface area contributed by atoms with Crippen molar-refractivity contribution in [2.45, 2.75) is 13.2 Å². The number of nitriles is 1. The minimum Gasteiger partial charge on any atom is -0.489 e. The van der Waals surface area contributed by atoms with Crippen LogP contribution < -0.4 is 4.74 Å². The molecule has 0 bridgehead atoms. The van der Waals surface area contributed by atoms with Gasteiger partial charge in [0.1, 0.15) is 24.1 Å². The van der Waals surface area contributed by atoms with Crippen LogP contribution in [-0.2, 0) is 17.9 Å². The lowest BCUT2D eigenvalue weighted by molar-refractivity contribution is -0.147. The monoisotopic (exact) mass is 323 g/mol. The number of carboxylic acids is 1. The summed E-state index contributed by atoms with van der Waals surface area (Å²) in [5.74, 6) is -0.196. The van der Waals surface area contributed by atoms with Gasteiger partial charge in [0.2, 0.25) is 0 Å². The van der Waals surface area contributed by atoms with Crippen LogP contribution in [0, 0.1) is 17.2 Å². The normalized spacial score (nSPS) is 14.6. The summed E-state index contributed by atoms with van der Waals surface area (Å²) in [4.78, 5) is 16.8. The second-order valence-corrected chi connectivity index (χ2v) is 5.82. The highest BCUT2D eigenvalue weighted by Crippen LogP contribution is 2.20. The van der Waals surface area contributed by atoms with Crippen molar-refractivity contribution < 1.29 is 14.6 Å². The average Bonchev–Trinajstić information content (AvgIpc) is 2.56. The zero-order chi connectivity index (χ0) is 16.9. The first-order valence-electron chi connectivity index (χ1n) is 7.66. The van der Waals surface area contributed by atoms with Gasteiger partial charge in [0.25, 0.3) is 0 Å². The van der Waals surface area contributed by atoms with Gasteiger partial charge in [-0.25, -0.2) is 4.98 Å². The van der Waals surface area contributed by atoms with Crippen LogP contribution in [0.4, 0.5) is 0 Å². The zero-order valence-corrected chi connectivity index (χ0v) is 13.1. The molecular weight excluding hydrogens is 306 g/mol. The maximum Gasteiger partial charge on any atom is 0.309 e. The molecule has 0 aliphatic carbocycles. The van der Waals surface area contributed by atoms with E-state index in [0.29, 0.717) is 25.4 Å². The van der Waals surface area contributed by atoms with E-state index in [0.717, 1.165) is 23.4 Å². The zero-order valence-electron chi connectivity index (χ0n) is 13.1. The average molecular weight is 323 g/mol. The summed E-state index contributed by atoms with van der Waals surface area (Å²) < 4.78 is 5.71. The van der Waals surface area contributed by atoms with Crippen LogP contribution >= 0.6 is 0 Å². The Bertz CT molecular complexity index is 762.